The van der Waals surface area contributed by atoms with Gasteiger partial charge >= 0.3 is 0 Å². The highest BCUT2D eigenvalue weighted by Crippen LogP contribution is 2.27. The normalized spacial score (nSPS) is 15.6. The summed E-state index contributed by atoms with van der Waals surface area (Å²) in [5.74, 6) is 0.139. The average Bonchev–Trinajstić information content (AvgIpc) is 2.60. The number of anilines is 1. The minimum atomic E-state index is -3.66. The molecule has 0 aromatic heterocycles. The summed E-state index contributed by atoms with van der Waals surface area (Å²) in [6, 6.07) is 7.81. The van der Waals surface area contributed by atoms with E-state index in [1.165, 1.54) is 13.8 Å². The quantitative estimate of drug-likeness (QED) is 0.377. The average molecular weight is 467 g/mol. The summed E-state index contributed by atoms with van der Waals surface area (Å²) in [4.78, 5) is 10.1. The lowest BCUT2D eigenvalue weighted by Crippen LogP contribution is -2.54. The summed E-state index contributed by atoms with van der Waals surface area (Å²) in [6.45, 7) is 7.11. The molecule has 8 N–H and O–H groups in total. The first kappa shape index (κ1) is 27.7. The minimum Gasteiger partial charge on any atom is -0.369 e. The van der Waals surface area contributed by atoms with Gasteiger partial charge < -0.3 is 17.2 Å². The summed E-state index contributed by atoms with van der Waals surface area (Å²) < 4.78 is 53.8. The Morgan fingerprint density at radius 2 is 1.37 bits per heavy atom. The number of nitrogens with zero attached hydrogens (tertiary/aromatic N) is 3. The number of aliphatic imine (C=N–C) groups is 2. The van der Waals surface area contributed by atoms with Crippen LogP contribution in [0.5, 0.6) is 0 Å². The third kappa shape index (κ3) is 10.5. The molecule has 0 fully saturated rings. The van der Waals surface area contributed by atoms with Gasteiger partial charge in [-0.15, -0.1) is 0 Å². The molecule has 0 aliphatic carbocycles. The molecular formula is C16H30N6O6S2. The maximum Gasteiger partial charge on any atom is 0.264 e. The lowest BCUT2D eigenvalue weighted by atomic mass is 10.1. The molecule has 30 heavy (non-hydrogen) atoms. The molecular weight excluding hydrogens is 436 g/mol. The smallest absolute Gasteiger partial charge is 0.264 e. The van der Waals surface area contributed by atoms with Crippen LogP contribution in [0.15, 0.2) is 34.3 Å². The molecule has 0 amide bonds. The first-order valence-electron chi connectivity index (χ1n) is 8.75. The molecule has 1 aliphatic heterocycles. The molecule has 1 aromatic rings. The van der Waals surface area contributed by atoms with Crippen molar-refractivity contribution in [3.8, 4) is 0 Å². The fraction of sp³-hybridized carbons (Fsp3) is 0.500. The summed E-state index contributed by atoms with van der Waals surface area (Å²) in [5, 5.41) is 0. The predicted molar refractivity (Wildman–Crippen MR) is 118 cm³/mol. The Labute approximate surface area is 177 Å². The zero-order valence-corrected chi connectivity index (χ0v) is 19.0. The highest BCUT2D eigenvalue weighted by Gasteiger charge is 2.32. The highest BCUT2D eigenvalue weighted by molar-refractivity contribution is 7.85. The standard InChI is InChI=1S/C12H18N6.2C2H6O3S/c1-12(2)17-10(14)16-11(15)18(12)9-5-3-8(7-13)4-6-9;2*1-2-6(3,4)5/h3-6H,7,13H2,1-2H3,(H4,14,15,16,17);2*2H2,1H3,(H,3,4,5). The molecule has 1 aromatic carbocycles. The summed E-state index contributed by atoms with van der Waals surface area (Å²) >= 11 is 0. The fourth-order valence-corrected chi connectivity index (χ4v) is 2.03. The molecule has 0 spiro atoms. The van der Waals surface area contributed by atoms with Crippen LogP contribution < -0.4 is 22.1 Å². The summed E-state index contributed by atoms with van der Waals surface area (Å²) in [7, 11) is -7.32. The molecule has 1 heterocycles. The maximum absolute atomic E-state index is 9.56. The van der Waals surface area contributed by atoms with Crippen LogP contribution in [0.4, 0.5) is 5.69 Å². The van der Waals surface area contributed by atoms with Gasteiger partial charge in [0.25, 0.3) is 20.2 Å². The van der Waals surface area contributed by atoms with E-state index in [1.54, 1.807) is 0 Å². The molecule has 0 atom stereocenters. The zero-order valence-electron chi connectivity index (χ0n) is 17.3. The number of rotatable bonds is 4. The van der Waals surface area contributed by atoms with E-state index < -0.39 is 25.9 Å². The van der Waals surface area contributed by atoms with Gasteiger partial charge in [-0.1, -0.05) is 12.1 Å². The monoisotopic (exact) mass is 466 g/mol. The Bertz CT molecular complexity index is 924. The van der Waals surface area contributed by atoms with Gasteiger partial charge in [0.1, 0.15) is 5.66 Å². The van der Waals surface area contributed by atoms with Gasteiger partial charge in [0.05, 0.1) is 11.5 Å². The van der Waals surface area contributed by atoms with Gasteiger partial charge in [-0.05, 0) is 45.4 Å². The Hall–Kier alpha value is -2.26. The van der Waals surface area contributed by atoms with E-state index in [0.29, 0.717) is 12.5 Å². The van der Waals surface area contributed by atoms with Crippen LogP contribution in [0.3, 0.4) is 0 Å². The molecule has 0 bridgehead atoms. The van der Waals surface area contributed by atoms with E-state index in [-0.39, 0.29) is 17.5 Å². The Morgan fingerprint density at radius 3 is 1.67 bits per heavy atom. The third-order valence-corrected chi connectivity index (χ3v) is 5.01. The van der Waals surface area contributed by atoms with E-state index >= 15 is 0 Å². The zero-order chi connectivity index (χ0) is 23.8. The van der Waals surface area contributed by atoms with E-state index in [4.69, 9.17) is 26.3 Å². The molecule has 172 valence electrons. The molecule has 12 nitrogen and oxygen atoms in total. The van der Waals surface area contributed by atoms with Gasteiger partial charge in [0, 0.05) is 12.2 Å². The Kier molecular flexibility index (Phi) is 10.4. The maximum atomic E-state index is 9.56. The second-order valence-electron chi connectivity index (χ2n) is 6.38. The summed E-state index contributed by atoms with van der Waals surface area (Å²) in [5.41, 5.74) is 18.6. The van der Waals surface area contributed by atoms with Gasteiger partial charge in [-0.25, -0.2) is 4.99 Å². The van der Waals surface area contributed by atoms with Crippen molar-refractivity contribution in [2.75, 3.05) is 16.4 Å². The molecule has 14 heteroatoms. The Morgan fingerprint density at radius 1 is 0.967 bits per heavy atom. The van der Waals surface area contributed by atoms with Crippen molar-refractivity contribution >= 4 is 37.8 Å². The summed E-state index contributed by atoms with van der Waals surface area (Å²) in [6.07, 6.45) is 0. The van der Waals surface area contributed by atoms with Crippen molar-refractivity contribution in [3.63, 3.8) is 0 Å². The largest absolute Gasteiger partial charge is 0.369 e. The van der Waals surface area contributed by atoms with Gasteiger partial charge in [-0.2, -0.15) is 21.8 Å². The van der Waals surface area contributed by atoms with Crippen LogP contribution in [0.1, 0.15) is 33.3 Å². The minimum absolute atomic E-state index is 0.201. The predicted octanol–water partition coefficient (Wildman–Crippen LogP) is 0.119. The van der Waals surface area contributed by atoms with Crippen molar-refractivity contribution in [2.24, 2.45) is 27.2 Å². The third-order valence-electron chi connectivity index (χ3n) is 3.55. The second kappa shape index (κ2) is 11.2. The number of nitrogens with two attached hydrogens (primary N) is 3. The van der Waals surface area contributed by atoms with Crippen molar-refractivity contribution < 1.29 is 25.9 Å². The van der Waals surface area contributed by atoms with Crippen LogP contribution in [-0.2, 0) is 26.8 Å². The topological polar surface area (TPSA) is 215 Å². The van der Waals surface area contributed by atoms with Crippen molar-refractivity contribution in [3.05, 3.63) is 29.8 Å². The van der Waals surface area contributed by atoms with E-state index in [9.17, 15) is 16.8 Å². The SMILES string of the molecule is CC1(C)N=C(N)N=C(N)N1c1ccc(CN)cc1.CCS(=O)(=O)O.CCS(=O)(=O)O. The van der Waals surface area contributed by atoms with Crippen molar-refractivity contribution in [1.29, 1.82) is 0 Å². The highest BCUT2D eigenvalue weighted by atomic mass is 32.2. The van der Waals surface area contributed by atoms with Crippen LogP contribution >= 0.6 is 0 Å². The van der Waals surface area contributed by atoms with Crippen LogP contribution in [0.2, 0.25) is 0 Å². The van der Waals surface area contributed by atoms with E-state index in [0.717, 1.165) is 11.3 Å². The van der Waals surface area contributed by atoms with Crippen LogP contribution in [0.25, 0.3) is 0 Å². The molecule has 0 unspecified atom stereocenters. The first-order valence-corrected chi connectivity index (χ1v) is 12.0. The van der Waals surface area contributed by atoms with E-state index in [2.05, 4.69) is 9.98 Å². The lowest BCUT2D eigenvalue weighted by Gasteiger charge is -2.38. The van der Waals surface area contributed by atoms with Crippen LogP contribution in [-0.4, -0.2) is 55.0 Å². The number of guanidine groups is 2. The molecule has 0 saturated carbocycles. The molecule has 2 rings (SSSR count). The number of hydrogen-bond acceptors (Lipinski definition) is 10. The van der Waals surface area contributed by atoms with Gasteiger partial charge in [-0.3, -0.25) is 14.0 Å². The van der Waals surface area contributed by atoms with Gasteiger partial charge in [0.2, 0.25) is 11.9 Å². The lowest BCUT2D eigenvalue weighted by molar-refractivity contribution is 0.482. The van der Waals surface area contributed by atoms with Gasteiger partial charge in [0.15, 0.2) is 0 Å². The molecule has 1 aliphatic rings. The number of hydrogen-bond donors (Lipinski definition) is 5. The fourth-order valence-electron chi connectivity index (χ4n) is 2.03. The van der Waals surface area contributed by atoms with Crippen molar-refractivity contribution in [2.45, 2.75) is 39.9 Å². The van der Waals surface area contributed by atoms with Crippen molar-refractivity contribution in [1.82, 2.24) is 0 Å². The number of benzene rings is 1. The molecule has 0 saturated heterocycles. The van der Waals surface area contributed by atoms with Crippen LogP contribution in [0, 0.1) is 0 Å². The molecule has 0 radical (unpaired) electrons. The second-order valence-corrected chi connectivity index (χ2v) is 9.86. The van der Waals surface area contributed by atoms with E-state index in [1.807, 2.05) is 43.0 Å². The Balaban J connectivity index is 0.000000580. The first-order chi connectivity index (χ1) is 13.6.